The largest absolute Gasteiger partial charge is 0.497 e. The molecule has 0 spiro atoms. The highest BCUT2D eigenvalue weighted by Crippen LogP contribution is 2.36. The van der Waals surface area contributed by atoms with Crippen molar-refractivity contribution in [2.75, 3.05) is 14.2 Å². The molecule has 2 heterocycles. The Morgan fingerprint density at radius 2 is 1.87 bits per heavy atom. The third-order valence-electron chi connectivity index (χ3n) is 4.82. The fourth-order valence-corrected chi connectivity index (χ4v) is 3.87. The number of amides is 1. The van der Waals surface area contributed by atoms with E-state index in [-0.39, 0.29) is 17.7 Å². The van der Waals surface area contributed by atoms with Crippen LogP contribution >= 0.6 is 27.5 Å². The van der Waals surface area contributed by atoms with Crippen LogP contribution in [0.15, 0.2) is 68.8 Å². The van der Waals surface area contributed by atoms with E-state index < -0.39 is 0 Å². The Labute approximate surface area is 187 Å². The topological polar surface area (TPSA) is 64.3 Å². The van der Waals surface area contributed by atoms with Crippen molar-refractivity contribution in [3.8, 4) is 11.5 Å². The number of rotatable bonds is 5. The maximum Gasteiger partial charge on any atom is 0.310 e. The molecule has 30 heavy (non-hydrogen) atoms. The highest BCUT2D eigenvalue weighted by molar-refractivity contribution is 9.10. The van der Waals surface area contributed by atoms with E-state index in [0.717, 1.165) is 16.8 Å². The van der Waals surface area contributed by atoms with Crippen molar-refractivity contribution in [2.24, 2.45) is 5.10 Å². The average molecular weight is 490 g/mol. The van der Waals surface area contributed by atoms with Gasteiger partial charge in [-0.05, 0) is 57.9 Å². The number of halogens is 2. The summed E-state index contributed by atoms with van der Waals surface area (Å²) in [5, 5.41) is 6.69. The number of nitrogens with zero attached hydrogens (tertiary/aromatic N) is 2. The number of carbonyl (C=O) groups is 1. The molecule has 0 N–H and O–H groups in total. The summed E-state index contributed by atoms with van der Waals surface area (Å²) >= 11 is 9.45. The van der Waals surface area contributed by atoms with Gasteiger partial charge in [0.15, 0.2) is 10.4 Å². The molecule has 3 aromatic rings. The predicted molar refractivity (Wildman–Crippen MR) is 117 cm³/mol. The third kappa shape index (κ3) is 4.08. The number of ether oxygens (including phenoxy) is 2. The van der Waals surface area contributed by atoms with E-state index in [0.29, 0.717) is 27.6 Å². The Morgan fingerprint density at radius 3 is 2.47 bits per heavy atom. The van der Waals surface area contributed by atoms with Crippen LogP contribution in [0.4, 0.5) is 0 Å². The molecule has 1 aliphatic heterocycles. The van der Waals surface area contributed by atoms with Gasteiger partial charge in [-0.25, -0.2) is 5.01 Å². The smallest absolute Gasteiger partial charge is 0.310 e. The fourth-order valence-electron chi connectivity index (χ4n) is 3.36. The van der Waals surface area contributed by atoms with Crippen LogP contribution in [0.25, 0.3) is 0 Å². The van der Waals surface area contributed by atoms with Gasteiger partial charge < -0.3 is 13.9 Å². The van der Waals surface area contributed by atoms with Gasteiger partial charge in [-0.1, -0.05) is 23.7 Å². The first kappa shape index (κ1) is 20.5. The zero-order valence-electron chi connectivity index (χ0n) is 16.3. The summed E-state index contributed by atoms with van der Waals surface area (Å²) in [7, 11) is 3.18. The van der Waals surface area contributed by atoms with E-state index in [9.17, 15) is 4.79 Å². The molecule has 0 saturated heterocycles. The average Bonchev–Trinajstić information content (AvgIpc) is 3.39. The molecule has 1 amide bonds. The molecule has 0 aliphatic carbocycles. The first-order valence-corrected chi connectivity index (χ1v) is 10.3. The maximum absolute atomic E-state index is 13.2. The lowest BCUT2D eigenvalue weighted by Gasteiger charge is -2.21. The molecule has 0 radical (unpaired) electrons. The summed E-state index contributed by atoms with van der Waals surface area (Å²) in [6.07, 6.45) is 0.504. The van der Waals surface area contributed by atoms with Gasteiger partial charge in [0, 0.05) is 23.1 Å². The molecule has 0 fully saturated rings. The van der Waals surface area contributed by atoms with Crippen molar-refractivity contribution in [1.82, 2.24) is 5.01 Å². The molecule has 0 unspecified atom stereocenters. The molecular formula is C22H18BrClN2O4. The summed E-state index contributed by atoms with van der Waals surface area (Å²) in [6, 6.07) is 15.9. The summed E-state index contributed by atoms with van der Waals surface area (Å²) in [4.78, 5) is 13.2. The van der Waals surface area contributed by atoms with Crippen molar-refractivity contribution in [2.45, 2.75) is 12.5 Å². The molecule has 8 heteroatoms. The van der Waals surface area contributed by atoms with Crippen LogP contribution in [0.3, 0.4) is 0 Å². The van der Waals surface area contributed by atoms with E-state index in [2.05, 4.69) is 21.0 Å². The van der Waals surface area contributed by atoms with Crippen LogP contribution in [0.5, 0.6) is 11.5 Å². The van der Waals surface area contributed by atoms with Crippen LogP contribution in [0.1, 0.15) is 34.1 Å². The number of hydrogen-bond donors (Lipinski definition) is 0. The predicted octanol–water partition coefficient (Wildman–Crippen LogP) is 5.70. The first-order chi connectivity index (χ1) is 14.5. The van der Waals surface area contributed by atoms with Crippen molar-refractivity contribution in [3.05, 3.63) is 81.2 Å². The number of hydrazone groups is 1. The highest BCUT2D eigenvalue weighted by atomic mass is 79.9. The van der Waals surface area contributed by atoms with Gasteiger partial charge in [-0.3, -0.25) is 4.79 Å². The zero-order chi connectivity index (χ0) is 21.3. The van der Waals surface area contributed by atoms with Gasteiger partial charge >= 0.3 is 5.91 Å². The monoisotopic (exact) mass is 488 g/mol. The standard InChI is InChI=1S/C22H18BrClN2O4/c1-28-16-9-14(10-17(11-16)29-2)18-12-19(13-4-3-5-15(24)8-13)26(25-18)22(27)20-6-7-21(23)30-20/h3-11,19H,12H2,1-2H3/t19-/m0/s1. The normalized spacial score (nSPS) is 15.8. The number of hydrogen-bond acceptors (Lipinski definition) is 5. The summed E-state index contributed by atoms with van der Waals surface area (Å²) in [5.74, 6) is 1.15. The molecule has 2 aromatic carbocycles. The van der Waals surface area contributed by atoms with Gasteiger partial charge in [0.05, 0.1) is 26.0 Å². The van der Waals surface area contributed by atoms with Crippen molar-refractivity contribution >= 4 is 39.1 Å². The Hall–Kier alpha value is -2.77. The molecule has 1 atom stereocenters. The molecule has 6 nitrogen and oxygen atoms in total. The van der Waals surface area contributed by atoms with Gasteiger partial charge in [-0.15, -0.1) is 0 Å². The lowest BCUT2D eigenvalue weighted by atomic mass is 9.98. The molecule has 1 aliphatic rings. The van der Waals surface area contributed by atoms with Crippen molar-refractivity contribution in [3.63, 3.8) is 0 Å². The van der Waals surface area contributed by atoms with E-state index in [1.165, 1.54) is 5.01 Å². The minimum atomic E-state index is -0.337. The lowest BCUT2D eigenvalue weighted by Crippen LogP contribution is -2.26. The van der Waals surface area contributed by atoms with Gasteiger partial charge in [-0.2, -0.15) is 5.10 Å². The Bertz CT molecular complexity index is 1110. The number of methoxy groups -OCH3 is 2. The molecular weight excluding hydrogens is 472 g/mol. The maximum atomic E-state index is 13.2. The number of carbonyl (C=O) groups excluding carboxylic acids is 1. The molecule has 0 bridgehead atoms. The number of furan rings is 1. The second-order valence-corrected chi connectivity index (χ2v) is 7.89. The molecule has 154 valence electrons. The van der Waals surface area contributed by atoms with Crippen molar-refractivity contribution < 1.29 is 18.7 Å². The van der Waals surface area contributed by atoms with Crippen LogP contribution < -0.4 is 9.47 Å². The third-order valence-corrected chi connectivity index (χ3v) is 5.48. The minimum Gasteiger partial charge on any atom is -0.497 e. The SMILES string of the molecule is COc1cc(OC)cc(C2=NN(C(=O)c3ccc(Br)o3)[C@H](c3cccc(Cl)c3)C2)c1. The Balaban J connectivity index is 1.76. The molecule has 4 rings (SSSR count). The first-order valence-electron chi connectivity index (χ1n) is 9.14. The van der Waals surface area contributed by atoms with Crippen LogP contribution in [0.2, 0.25) is 5.02 Å². The number of benzene rings is 2. The van der Waals surface area contributed by atoms with E-state index >= 15 is 0 Å². The summed E-state index contributed by atoms with van der Waals surface area (Å²) in [6.45, 7) is 0. The van der Waals surface area contributed by atoms with Crippen LogP contribution in [-0.2, 0) is 0 Å². The fraction of sp³-hybridized carbons (Fsp3) is 0.182. The molecule has 0 saturated carbocycles. The van der Waals surface area contributed by atoms with Crippen molar-refractivity contribution in [1.29, 1.82) is 0 Å². The zero-order valence-corrected chi connectivity index (χ0v) is 18.6. The van der Waals surface area contributed by atoms with E-state index in [1.54, 1.807) is 38.5 Å². The van der Waals surface area contributed by atoms with Crippen LogP contribution in [-0.4, -0.2) is 30.8 Å². The molecule has 1 aromatic heterocycles. The van der Waals surface area contributed by atoms with E-state index in [4.69, 9.17) is 25.5 Å². The summed E-state index contributed by atoms with van der Waals surface area (Å²) in [5.41, 5.74) is 2.43. The van der Waals surface area contributed by atoms with Crippen LogP contribution in [0, 0.1) is 0 Å². The van der Waals surface area contributed by atoms with Gasteiger partial charge in [0.25, 0.3) is 0 Å². The van der Waals surface area contributed by atoms with Gasteiger partial charge in [0.2, 0.25) is 0 Å². The van der Waals surface area contributed by atoms with Gasteiger partial charge in [0.1, 0.15) is 11.5 Å². The second-order valence-electron chi connectivity index (χ2n) is 6.68. The minimum absolute atomic E-state index is 0.196. The quantitative estimate of drug-likeness (QED) is 0.461. The summed E-state index contributed by atoms with van der Waals surface area (Å²) < 4.78 is 16.7. The Morgan fingerprint density at radius 1 is 1.13 bits per heavy atom. The Kier molecular flexibility index (Phi) is 5.83. The lowest BCUT2D eigenvalue weighted by molar-refractivity contribution is 0.0677. The van der Waals surface area contributed by atoms with E-state index in [1.807, 2.05) is 30.3 Å². The highest BCUT2D eigenvalue weighted by Gasteiger charge is 2.35. The second kappa shape index (κ2) is 8.53.